The minimum Gasteiger partial charge on any atom is -0.472 e. The van der Waals surface area contributed by atoms with E-state index >= 15 is 0 Å². The first kappa shape index (κ1) is 19.0. The highest BCUT2D eigenvalue weighted by atomic mass is 16.6. The van der Waals surface area contributed by atoms with Crippen LogP contribution >= 0.6 is 0 Å². The van der Waals surface area contributed by atoms with Crippen molar-refractivity contribution in [2.45, 2.75) is 0 Å². The molecule has 138 valence electrons. The summed E-state index contributed by atoms with van der Waals surface area (Å²) < 4.78 is 14.5. The quantitative estimate of drug-likeness (QED) is 0.617. The molecule has 2 aromatic rings. The smallest absolute Gasteiger partial charge is 0.411 e. The van der Waals surface area contributed by atoms with Crippen molar-refractivity contribution in [1.29, 1.82) is 0 Å². The average molecular weight is 361 g/mol. The molecule has 0 radical (unpaired) electrons. The molecule has 0 spiro atoms. The predicted octanol–water partition coefficient (Wildman–Crippen LogP) is 1.84. The van der Waals surface area contributed by atoms with E-state index in [1.165, 1.54) is 25.7 Å². The number of ether oxygens (including phenoxy) is 2. The van der Waals surface area contributed by atoms with Crippen LogP contribution in [0.25, 0.3) is 0 Å². The minimum absolute atomic E-state index is 0.134. The second-order valence-electron chi connectivity index (χ2n) is 5.08. The second kappa shape index (κ2) is 9.84. The first-order valence-corrected chi connectivity index (χ1v) is 7.71. The van der Waals surface area contributed by atoms with Gasteiger partial charge >= 0.3 is 6.09 Å². The van der Waals surface area contributed by atoms with Crippen molar-refractivity contribution in [1.82, 2.24) is 5.32 Å². The van der Waals surface area contributed by atoms with Crippen molar-refractivity contribution in [3.8, 4) is 0 Å². The van der Waals surface area contributed by atoms with Crippen LogP contribution in [-0.4, -0.2) is 44.8 Å². The lowest BCUT2D eigenvalue weighted by Crippen LogP contribution is -2.32. The van der Waals surface area contributed by atoms with Crippen LogP contribution in [0.2, 0.25) is 0 Å². The molecule has 3 amide bonds. The van der Waals surface area contributed by atoms with E-state index in [9.17, 15) is 14.4 Å². The van der Waals surface area contributed by atoms with E-state index < -0.39 is 17.9 Å². The van der Waals surface area contributed by atoms with Crippen LogP contribution in [0.1, 0.15) is 10.4 Å². The van der Waals surface area contributed by atoms with Crippen molar-refractivity contribution in [2.24, 2.45) is 0 Å². The molecule has 26 heavy (non-hydrogen) atoms. The number of anilines is 2. The highest BCUT2D eigenvalue weighted by Gasteiger charge is 2.10. The fourth-order valence-corrected chi connectivity index (χ4v) is 1.91. The van der Waals surface area contributed by atoms with Gasteiger partial charge in [0.1, 0.15) is 12.9 Å². The molecule has 0 atom stereocenters. The summed E-state index contributed by atoms with van der Waals surface area (Å²) in [6.45, 7) is 0.226. The summed E-state index contributed by atoms with van der Waals surface area (Å²) in [6.07, 6.45) is 2.03. The van der Waals surface area contributed by atoms with Crippen molar-refractivity contribution >= 4 is 29.3 Å². The zero-order valence-corrected chi connectivity index (χ0v) is 14.1. The van der Waals surface area contributed by atoms with E-state index in [1.54, 1.807) is 24.3 Å². The first-order valence-electron chi connectivity index (χ1n) is 7.71. The molecule has 0 saturated carbocycles. The lowest BCUT2D eigenvalue weighted by molar-refractivity contribution is -0.115. The predicted molar refractivity (Wildman–Crippen MR) is 93.0 cm³/mol. The number of carbonyl (C=O) groups is 3. The number of benzene rings is 1. The molecule has 0 saturated heterocycles. The van der Waals surface area contributed by atoms with Gasteiger partial charge < -0.3 is 24.5 Å². The number of hydrogen-bond donors (Lipinski definition) is 3. The van der Waals surface area contributed by atoms with Crippen LogP contribution < -0.4 is 16.0 Å². The van der Waals surface area contributed by atoms with Crippen molar-refractivity contribution in [2.75, 3.05) is 37.5 Å². The number of hydrogen-bond acceptors (Lipinski definition) is 6. The van der Waals surface area contributed by atoms with Gasteiger partial charge in [-0.15, -0.1) is 0 Å². The van der Waals surface area contributed by atoms with Gasteiger partial charge in [-0.25, -0.2) is 4.79 Å². The average Bonchev–Trinajstić information content (AvgIpc) is 3.15. The van der Waals surface area contributed by atoms with Crippen molar-refractivity contribution < 1.29 is 28.3 Å². The highest BCUT2D eigenvalue weighted by molar-refractivity contribution is 5.99. The number of furan rings is 1. The number of carbonyl (C=O) groups excluding carboxylic acids is 3. The molecule has 2 rings (SSSR count). The molecular formula is C17H19N3O6. The number of rotatable bonds is 8. The Bertz CT molecular complexity index is 745. The molecule has 0 aliphatic carbocycles. The molecule has 1 aromatic heterocycles. The van der Waals surface area contributed by atoms with Gasteiger partial charge in [0, 0.05) is 18.5 Å². The summed E-state index contributed by atoms with van der Waals surface area (Å²) in [4.78, 5) is 35.2. The van der Waals surface area contributed by atoms with Gasteiger partial charge in [0.25, 0.3) is 5.91 Å². The maximum atomic E-state index is 11.9. The standard InChI is InChI=1S/C17H19N3O6/c1-24-7-8-26-17(23)20-14-4-2-3-13(9-14)19-15(21)10-18-16(22)12-5-6-25-11-12/h2-6,9,11H,7-8,10H2,1H3,(H,18,22)(H,19,21)(H,20,23). The van der Waals surface area contributed by atoms with Gasteiger partial charge in [-0.05, 0) is 24.3 Å². The Hall–Kier alpha value is -3.33. The van der Waals surface area contributed by atoms with Crippen LogP contribution in [0, 0.1) is 0 Å². The van der Waals surface area contributed by atoms with E-state index in [0.29, 0.717) is 23.5 Å². The summed E-state index contributed by atoms with van der Waals surface area (Å²) in [7, 11) is 1.50. The second-order valence-corrected chi connectivity index (χ2v) is 5.08. The maximum Gasteiger partial charge on any atom is 0.411 e. The Morgan fingerprint density at radius 3 is 2.54 bits per heavy atom. The molecular weight excluding hydrogens is 342 g/mol. The van der Waals surface area contributed by atoms with Crippen LogP contribution in [0.3, 0.4) is 0 Å². The van der Waals surface area contributed by atoms with E-state index in [4.69, 9.17) is 13.9 Å². The summed E-state index contributed by atoms with van der Waals surface area (Å²) >= 11 is 0. The van der Waals surface area contributed by atoms with E-state index in [1.807, 2.05) is 0 Å². The summed E-state index contributed by atoms with van der Waals surface area (Å²) in [5.74, 6) is -0.829. The first-order chi connectivity index (χ1) is 12.6. The summed E-state index contributed by atoms with van der Waals surface area (Å²) in [5.41, 5.74) is 1.24. The molecule has 1 heterocycles. The van der Waals surface area contributed by atoms with Crippen LogP contribution in [0.5, 0.6) is 0 Å². The van der Waals surface area contributed by atoms with E-state index in [2.05, 4.69) is 16.0 Å². The molecule has 0 fully saturated rings. The van der Waals surface area contributed by atoms with Crippen molar-refractivity contribution in [3.05, 3.63) is 48.4 Å². The SMILES string of the molecule is COCCOC(=O)Nc1cccc(NC(=O)CNC(=O)c2ccoc2)c1. The normalized spacial score (nSPS) is 10.0. The molecule has 0 aliphatic rings. The molecule has 1 aromatic carbocycles. The van der Waals surface area contributed by atoms with Gasteiger partial charge in [0.05, 0.1) is 25.0 Å². The molecule has 3 N–H and O–H groups in total. The fourth-order valence-electron chi connectivity index (χ4n) is 1.91. The Morgan fingerprint density at radius 1 is 1.08 bits per heavy atom. The minimum atomic E-state index is -0.627. The van der Waals surface area contributed by atoms with Crippen LogP contribution in [0.15, 0.2) is 47.3 Å². The third-order valence-electron chi connectivity index (χ3n) is 3.11. The molecule has 0 bridgehead atoms. The fraction of sp³-hybridized carbons (Fsp3) is 0.235. The Balaban J connectivity index is 1.80. The largest absolute Gasteiger partial charge is 0.472 e. The van der Waals surface area contributed by atoms with Gasteiger partial charge in [-0.3, -0.25) is 14.9 Å². The zero-order chi connectivity index (χ0) is 18.8. The van der Waals surface area contributed by atoms with Gasteiger partial charge in [-0.1, -0.05) is 6.07 Å². The molecule has 0 unspecified atom stereocenters. The Labute approximate surface area is 149 Å². The third kappa shape index (κ3) is 6.29. The van der Waals surface area contributed by atoms with Gasteiger partial charge in [0.2, 0.25) is 5.91 Å². The highest BCUT2D eigenvalue weighted by Crippen LogP contribution is 2.15. The lowest BCUT2D eigenvalue weighted by atomic mass is 10.2. The zero-order valence-electron chi connectivity index (χ0n) is 14.1. The number of amides is 3. The van der Waals surface area contributed by atoms with Crippen LogP contribution in [-0.2, 0) is 14.3 Å². The third-order valence-corrected chi connectivity index (χ3v) is 3.11. The summed E-state index contributed by atoms with van der Waals surface area (Å²) in [5, 5.41) is 7.62. The van der Waals surface area contributed by atoms with E-state index in [-0.39, 0.29) is 13.2 Å². The Morgan fingerprint density at radius 2 is 1.85 bits per heavy atom. The van der Waals surface area contributed by atoms with Crippen LogP contribution in [0.4, 0.5) is 16.2 Å². The number of nitrogens with one attached hydrogen (secondary N) is 3. The molecule has 9 heteroatoms. The molecule has 9 nitrogen and oxygen atoms in total. The van der Waals surface area contributed by atoms with Crippen molar-refractivity contribution in [3.63, 3.8) is 0 Å². The summed E-state index contributed by atoms with van der Waals surface area (Å²) in [6, 6.07) is 8.01. The van der Waals surface area contributed by atoms with Gasteiger partial charge in [0.15, 0.2) is 0 Å². The number of methoxy groups -OCH3 is 1. The Kier molecular flexibility index (Phi) is 7.19. The molecule has 0 aliphatic heterocycles. The van der Waals surface area contributed by atoms with E-state index in [0.717, 1.165) is 0 Å². The maximum absolute atomic E-state index is 11.9. The van der Waals surface area contributed by atoms with Gasteiger partial charge in [-0.2, -0.15) is 0 Å². The monoisotopic (exact) mass is 361 g/mol. The topological polar surface area (TPSA) is 119 Å². The lowest BCUT2D eigenvalue weighted by Gasteiger charge is -2.09.